The fraction of sp³-hybridized carbons (Fsp3) is 0.133. The van der Waals surface area contributed by atoms with Crippen LogP contribution < -0.4 is 5.43 Å². The first-order valence-corrected chi connectivity index (χ1v) is 6.82. The Labute approximate surface area is 131 Å². The molecule has 1 N–H and O–H groups in total. The van der Waals surface area contributed by atoms with Crippen LogP contribution in [0.15, 0.2) is 53.6 Å². The van der Waals surface area contributed by atoms with Crippen LogP contribution in [0, 0.1) is 20.2 Å². The fourth-order valence-electron chi connectivity index (χ4n) is 1.93. The van der Waals surface area contributed by atoms with Crippen molar-refractivity contribution in [1.82, 2.24) is 0 Å². The molecule has 0 saturated carbocycles. The highest BCUT2D eigenvalue weighted by Gasteiger charge is 2.18. The van der Waals surface area contributed by atoms with Gasteiger partial charge < -0.3 is 0 Å². The highest BCUT2D eigenvalue weighted by molar-refractivity contribution is 5.67. The van der Waals surface area contributed by atoms with E-state index < -0.39 is 9.85 Å². The van der Waals surface area contributed by atoms with E-state index in [9.17, 15) is 20.2 Å². The fourth-order valence-corrected chi connectivity index (χ4v) is 1.93. The maximum Gasteiger partial charge on any atom is 0.301 e. The van der Waals surface area contributed by atoms with Gasteiger partial charge in [0.05, 0.1) is 15.9 Å². The second-order valence-corrected chi connectivity index (χ2v) is 4.66. The summed E-state index contributed by atoms with van der Waals surface area (Å²) in [7, 11) is 0. The highest BCUT2D eigenvalue weighted by Crippen LogP contribution is 2.28. The molecule has 0 aliphatic heterocycles. The van der Waals surface area contributed by atoms with E-state index >= 15 is 0 Å². The van der Waals surface area contributed by atoms with Gasteiger partial charge in [0, 0.05) is 12.3 Å². The van der Waals surface area contributed by atoms with Gasteiger partial charge in [0.2, 0.25) is 0 Å². The molecule has 0 bridgehead atoms. The number of nitro benzene ring substituents is 2. The second-order valence-electron chi connectivity index (χ2n) is 4.66. The van der Waals surface area contributed by atoms with E-state index in [1.54, 1.807) is 6.21 Å². The Hall–Kier alpha value is -3.29. The van der Waals surface area contributed by atoms with Crippen molar-refractivity contribution >= 4 is 23.3 Å². The highest BCUT2D eigenvalue weighted by atomic mass is 16.6. The summed E-state index contributed by atoms with van der Waals surface area (Å²) in [5.74, 6) is 0. The first-order valence-electron chi connectivity index (χ1n) is 6.82. The average Bonchev–Trinajstić information content (AvgIpc) is 2.55. The van der Waals surface area contributed by atoms with Crippen molar-refractivity contribution < 1.29 is 9.85 Å². The van der Waals surface area contributed by atoms with Gasteiger partial charge in [-0.1, -0.05) is 30.3 Å². The van der Waals surface area contributed by atoms with Gasteiger partial charge in [-0.15, -0.1) is 0 Å². The standard InChI is InChI=1S/C15H14N4O4/c20-18(21)13-8-9-14(15(11-13)19(22)23)17-16-10-4-7-12-5-2-1-3-6-12/h1-3,5-6,8-11,17H,4,7H2/b16-10-. The van der Waals surface area contributed by atoms with Gasteiger partial charge in [0.15, 0.2) is 0 Å². The summed E-state index contributed by atoms with van der Waals surface area (Å²) in [4.78, 5) is 20.2. The predicted octanol–water partition coefficient (Wildman–Crippen LogP) is 3.53. The molecule has 2 rings (SSSR count). The number of hydrogen-bond donors (Lipinski definition) is 1. The molecule has 0 aromatic heterocycles. The smallest absolute Gasteiger partial charge is 0.272 e. The van der Waals surface area contributed by atoms with Crippen LogP contribution in [0.1, 0.15) is 12.0 Å². The summed E-state index contributed by atoms with van der Waals surface area (Å²) in [6.07, 6.45) is 3.07. The predicted molar refractivity (Wildman–Crippen MR) is 86.6 cm³/mol. The zero-order chi connectivity index (χ0) is 16.7. The SMILES string of the molecule is O=[N+]([O-])c1ccc(N/N=C\CCc2ccccc2)c([N+](=O)[O-])c1. The minimum Gasteiger partial charge on any atom is -0.272 e. The Bertz CT molecular complexity index is 732. The monoisotopic (exact) mass is 314 g/mol. The molecule has 23 heavy (non-hydrogen) atoms. The van der Waals surface area contributed by atoms with Crippen molar-refractivity contribution in [2.24, 2.45) is 5.10 Å². The van der Waals surface area contributed by atoms with Crippen LogP contribution in [0.3, 0.4) is 0 Å². The molecule has 0 aliphatic rings. The number of nitrogens with zero attached hydrogens (tertiary/aromatic N) is 3. The number of hydrazone groups is 1. The summed E-state index contributed by atoms with van der Waals surface area (Å²) < 4.78 is 0. The van der Waals surface area contributed by atoms with E-state index in [1.807, 2.05) is 30.3 Å². The zero-order valence-corrected chi connectivity index (χ0v) is 12.1. The summed E-state index contributed by atoms with van der Waals surface area (Å²) in [5.41, 5.74) is 3.10. The number of anilines is 1. The lowest BCUT2D eigenvalue weighted by Gasteiger charge is -2.02. The van der Waals surface area contributed by atoms with Crippen molar-refractivity contribution in [2.75, 3.05) is 5.43 Å². The van der Waals surface area contributed by atoms with Gasteiger partial charge in [-0.25, -0.2) is 0 Å². The van der Waals surface area contributed by atoms with Crippen LogP contribution in [0.25, 0.3) is 0 Å². The van der Waals surface area contributed by atoms with E-state index in [0.717, 1.165) is 12.5 Å². The molecule has 0 atom stereocenters. The molecule has 0 fully saturated rings. The minimum atomic E-state index is -0.686. The Balaban J connectivity index is 1.98. The molecule has 8 nitrogen and oxygen atoms in total. The molecular formula is C15H14N4O4. The van der Waals surface area contributed by atoms with Crippen molar-refractivity contribution in [3.63, 3.8) is 0 Å². The Morgan fingerprint density at radius 1 is 1.04 bits per heavy atom. The van der Waals surface area contributed by atoms with Gasteiger partial charge >= 0.3 is 5.69 Å². The molecule has 2 aromatic rings. The lowest BCUT2D eigenvalue weighted by atomic mass is 10.1. The minimum absolute atomic E-state index is 0.108. The molecule has 0 saturated heterocycles. The summed E-state index contributed by atoms with van der Waals surface area (Å²) >= 11 is 0. The number of rotatable bonds is 7. The van der Waals surface area contributed by atoms with Gasteiger partial charge in [0.1, 0.15) is 5.69 Å². The van der Waals surface area contributed by atoms with E-state index in [-0.39, 0.29) is 17.1 Å². The van der Waals surface area contributed by atoms with E-state index in [4.69, 9.17) is 0 Å². The topological polar surface area (TPSA) is 111 Å². The van der Waals surface area contributed by atoms with Gasteiger partial charge in [0.25, 0.3) is 5.69 Å². The van der Waals surface area contributed by atoms with Crippen LogP contribution in [0.4, 0.5) is 17.1 Å². The van der Waals surface area contributed by atoms with Gasteiger partial charge in [-0.3, -0.25) is 25.7 Å². The molecule has 118 valence electrons. The molecule has 0 spiro atoms. The van der Waals surface area contributed by atoms with E-state index in [0.29, 0.717) is 6.42 Å². The van der Waals surface area contributed by atoms with E-state index in [2.05, 4.69) is 10.5 Å². The third kappa shape index (κ3) is 4.60. The molecular weight excluding hydrogens is 300 g/mol. The van der Waals surface area contributed by atoms with Crippen LogP contribution in [0.5, 0.6) is 0 Å². The first-order chi connectivity index (χ1) is 11.1. The maximum atomic E-state index is 11.0. The molecule has 0 unspecified atom stereocenters. The molecule has 8 heteroatoms. The lowest BCUT2D eigenvalue weighted by Crippen LogP contribution is -1.98. The zero-order valence-electron chi connectivity index (χ0n) is 12.1. The third-order valence-corrected chi connectivity index (χ3v) is 3.07. The lowest BCUT2D eigenvalue weighted by molar-refractivity contribution is -0.393. The molecule has 0 radical (unpaired) electrons. The Morgan fingerprint density at radius 3 is 2.43 bits per heavy atom. The van der Waals surface area contributed by atoms with Crippen LogP contribution >= 0.6 is 0 Å². The van der Waals surface area contributed by atoms with Crippen LogP contribution in [-0.2, 0) is 6.42 Å². The number of nitrogens with one attached hydrogen (secondary N) is 1. The number of benzene rings is 2. The summed E-state index contributed by atoms with van der Waals surface area (Å²) in [6.45, 7) is 0. The molecule has 2 aromatic carbocycles. The third-order valence-electron chi connectivity index (χ3n) is 3.07. The molecule has 0 amide bonds. The Morgan fingerprint density at radius 2 is 1.78 bits per heavy atom. The van der Waals surface area contributed by atoms with Crippen molar-refractivity contribution in [3.05, 3.63) is 74.3 Å². The quantitative estimate of drug-likeness (QED) is 0.477. The van der Waals surface area contributed by atoms with Crippen molar-refractivity contribution in [1.29, 1.82) is 0 Å². The number of hydrogen-bond acceptors (Lipinski definition) is 6. The van der Waals surface area contributed by atoms with Crippen molar-refractivity contribution in [2.45, 2.75) is 12.8 Å². The number of non-ortho nitro benzene ring substituents is 1. The summed E-state index contributed by atoms with van der Waals surface area (Å²) in [5, 5.41) is 25.5. The van der Waals surface area contributed by atoms with Crippen molar-refractivity contribution in [3.8, 4) is 0 Å². The normalized spacial score (nSPS) is 10.6. The first kappa shape index (κ1) is 16.1. The van der Waals surface area contributed by atoms with Gasteiger partial charge in [-0.2, -0.15) is 5.10 Å². The molecule has 0 heterocycles. The van der Waals surface area contributed by atoms with Gasteiger partial charge in [-0.05, 0) is 24.5 Å². The summed E-state index contributed by atoms with van der Waals surface area (Å²) in [6, 6.07) is 13.2. The van der Waals surface area contributed by atoms with Crippen LogP contribution in [0.2, 0.25) is 0 Å². The number of nitro groups is 2. The Kier molecular flexibility index (Phi) is 5.35. The van der Waals surface area contributed by atoms with Crippen LogP contribution in [-0.4, -0.2) is 16.1 Å². The van der Waals surface area contributed by atoms with E-state index in [1.165, 1.54) is 17.7 Å². The molecule has 0 aliphatic carbocycles. The largest absolute Gasteiger partial charge is 0.301 e. The number of aryl methyl sites for hydroxylation is 1. The second kappa shape index (κ2) is 7.64. The maximum absolute atomic E-state index is 11.0. The average molecular weight is 314 g/mol.